The molecule has 1 aromatic heterocycles. The summed E-state index contributed by atoms with van der Waals surface area (Å²) in [7, 11) is 0. The lowest BCUT2D eigenvalue weighted by atomic mass is 10.00. The van der Waals surface area contributed by atoms with E-state index < -0.39 is 6.10 Å². The summed E-state index contributed by atoms with van der Waals surface area (Å²) in [6.07, 6.45) is 0.490. The zero-order chi connectivity index (χ0) is 13.2. The number of thiophene rings is 1. The summed E-state index contributed by atoms with van der Waals surface area (Å²) < 4.78 is 0. The molecule has 96 valence electrons. The van der Waals surface area contributed by atoms with E-state index in [4.69, 9.17) is 0 Å². The minimum absolute atomic E-state index is 0.531. The Labute approximate surface area is 117 Å². The fraction of sp³-hybridized carbons (Fsp3) is 0.176. The number of hydrogen-bond donors (Lipinski definition) is 1. The minimum atomic E-state index is -0.531. The molecule has 0 aliphatic rings. The first-order chi connectivity index (χ1) is 9.29. The maximum atomic E-state index is 10.6. The van der Waals surface area contributed by atoms with Crippen molar-refractivity contribution >= 4 is 22.1 Å². The van der Waals surface area contributed by atoms with Crippen molar-refractivity contribution in [1.29, 1.82) is 0 Å². The first-order valence-corrected chi connectivity index (χ1v) is 7.35. The summed E-state index contributed by atoms with van der Waals surface area (Å²) in [5.74, 6) is 0. The van der Waals surface area contributed by atoms with E-state index in [1.54, 1.807) is 11.3 Å². The number of hydrogen-bond acceptors (Lipinski definition) is 2. The smallest absolute Gasteiger partial charge is 0.114 e. The second-order valence-corrected chi connectivity index (χ2v) is 5.83. The molecule has 1 nitrogen and oxygen atoms in total. The molecule has 1 heterocycles. The molecule has 1 N–H and O–H groups in total. The molecule has 1 atom stereocenters. The van der Waals surface area contributed by atoms with Gasteiger partial charge in [-0.05, 0) is 34.9 Å². The number of aliphatic hydroxyl groups excluding tert-OH is 1. The predicted molar refractivity (Wildman–Crippen MR) is 81.7 cm³/mol. The van der Waals surface area contributed by atoms with E-state index in [0.29, 0.717) is 0 Å². The molecule has 1 unspecified atom stereocenters. The lowest BCUT2D eigenvalue weighted by Gasteiger charge is -2.12. The van der Waals surface area contributed by atoms with Gasteiger partial charge in [-0.1, -0.05) is 49.4 Å². The van der Waals surface area contributed by atoms with Gasteiger partial charge in [0.1, 0.15) is 6.10 Å². The Morgan fingerprint density at radius 3 is 2.58 bits per heavy atom. The third-order valence-electron chi connectivity index (χ3n) is 3.42. The quantitative estimate of drug-likeness (QED) is 0.739. The van der Waals surface area contributed by atoms with E-state index in [-0.39, 0.29) is 0 Å². The third kappa shape index (κ3) is 2.29. The van der Waals surface area contributed by atoms with Gasteiger partial charge < -0.3 is 5.11 Å². The summed E-state index contributed by atoms with van der Waals surface area (Å²) in [6, 6.07) is 18.4. The molecule has 2 heteroatoms. The number of benzene rings is 2. The normalized spacial score (nSPS) is 12.7. The van der Waals surface area contributed by atoms with Gasteiger partial charge in [0.2, 0.25) is 0 Å². The van der Waals surface area contributed by atoms with Gasteiger partial charge in [-0.2, -0.15) is 0 Å². The summed E-state index contributed by atoms with van der Waals surface area (Å²) >= 11 is 1.69. The maximum Gasteiger partial charge on any atom is 0.114 e. The Balaban J connectivity index is 2.08. The Morgan fingerprint density at radius 1 is 1.00 bits per heavy atom. The van der Waals surface area contributed by atoms with Gasteiger partial charge in [-0.3, -0.25) is 0 Å². The highest BCUT2D eigenvalue weighted by Crippen LogP contribution is 2.32. The molecule has 0 aliphatic heterocycles. The zero-order valence-corrected chi connectivity index (χ0v) is 11.7. The highest BCUT2D eigenvalue weighted by atomic mass is 32.1. The lowest BCUT2D eigenvalue weighted by molar-refractivity contribution is 0.226. The largest absolute Gasteiger partial charge is 0.383 e. The standard InChI is InChI=1S/C17H16OS/c1-2-13-10-11-16(19-13)17(18)15-9-5-7-12-6-3-4-8-14(12)15/h3-11,17-18H,2H2,1H3. The van der Waals surface area contributed by atoms with E-state index in [1.807, 2.05) is 30.3 Å². The van der Waals surface area contributed by atoms with Crippen LogP contribution in [0.15, 0.2) is 54.6 Å². The van der Waals surface area contributed by atoms with E-state index >= 15 is 0 Å². The topological polar surface area (TPSA) is 20.2 Å². The molecule has 2 aromatic carbocycles. The minimum Gasteiger partial charge on any atom is -0.383 e. The number of fused-ring (bicyclic) bond motifs is 1. The van der Waals surface area contributed by atoms with E-state index in [2.05, 4.69) is 31.2 Å². The van der Waals surface area contributed by atoms with Crippen molar-refractivity contribution in [3.8, 4) is 0 Å². The van der Waals surface area contributed by atoms with Crippen molar-refractivity contribution in [3.63, 3.8) is 0 Å². The van der Waals surface area contributed by atoms with Crippen LogP contribution in [0.5, 0.6) is 0 Å². The fourth-order valence-electron chi connectivity index (χ4n) is 2.37. The first kappa shape index (κ1) is 12.4. The van der Waals surface area contributed by atoms with Crippen LogP contribution in [0.2, 0.25) is 0 Å². The van der Waals surface area contributed by atoms with Crippen LogP contribution in [0.1, 0.15) is 28.3 Å². The van der Waals surface area contributed by atoms with E-state index in [1.165, 1.54) is 10.3 Å². The molecular weight excluding hydrogens is 252 g/mol. The molecule has 3 aromatic rings. The maximum absolute atomic E-state index is 10.6. The van der Waals surface area contributed by atoms with Gasteiger partial charge in [0.25, 0.3) is 0 Å². The summed E-state index contributed by atoms with van der Waals surface area (Å²) in [4.78, 5) is 2.34. The number of rotatable bonds is 3. The van der Waals surface area contributed by atoms with Gasteiger partial charge in [0, 0.05) is 9.75 Å². The average Bonchev–Trinajstić information content (AvgIpc) is 2.95. The third-order valence-corrected chi connectivity index (χ3v) is 4.70. The van der Waals surface area contributed by atoms with Crippen LogP contribution >= 0.6 is 11.3 Å². The molecule has 0 radical (unpaired) electrons. The van der Waals surface area contributed by atoms with Crippen LogP contribution in [0.4, 0.5) is 0 Å². The molecule has 0 spiro atoms. The van der Waals surface area contributed by atoms with Crippen molar-refractivity contribution in [1.82, 2.24) is 0 Å². The average molecular weight is 268 g/mol. The number of aliphatic hydroxyl groups is 1. The van der Waals surface area contributed by atoms with Gasteiger partial charge in [0.15, 0.2) is 0 Å². The Hall–Kier alpha value is -1.64. The molecule has 0 amide bonds. The molecule has 0 aliphatic carbocycles. The van der Waals surface area contributed by atoms with Gasteiger partial charge >= 0.3 is 0 Å². The van der Waals surface area contributed by atoms with Crippen LogP contribution in [-0.4, -0.2) is 5.11 Å². The lowest BCUT2D eigenvalue weighted by Crippen LogP contribution is -1.97. The van der Waals surface area contributed by atoms with Crippen molar-refractivity contribution in [2.75, 3.05) is 0 Å². The monoisotopic (exact) mass is 268 g/mol. The van der Waals surface area contributed by atoms with E-state index in [9.17, 15) is 5.11 Å². The van der Waals surface area contributed by atoms with Crippen molar-refractivity contribution in [2.24, 2.45) is 0 Å². The van der Waals surface area contributed by atoms with Crippen LogP contribution in [0.25, 0.3) is 10.8 Å². The Kier molecular flexibility index (Phi) is 3.36. The molecule has 0 bridgehead atoms. The van der Waals surface area contributed by atoms with Crippen molar-refractivity contribution in [3.05, 3.63) is 69.9 Å². The van der Waals surface area contributed by atoms with Crippen LogP contribution in [0.3, 0.4) is 0 Å². The Morgan fingerprint density at radius 2 is 1.79 bits per heavy atom. The highest BCUT2D eigenvalue weighted by Gasteiger charge is 2.15. The van der Waals surface area contributed by atoms with Crippen molar-refractivity contribution in [2.45, 2.75) is 19.4 Å². The SMILES string of the molecule is CCc1ccc(C(O)c2cccc3ccccc23)s1. The van der Waals surface area contributed by atoms with Gasteiger partial charge in [-0.15, -0.1) is 11.3 Å². The number of aryl methyl sites for hydroxylation is 1. The van der Waals surface area contributed by atoms with Crippen LogP contribution in [0, 0.1) is 0 Å². The molecule has 19 heavy (non-hydrogen) atoms. The molecule has 0 saturated carbocycles. The second-order valence-electron chi connectivity index (χ2n) is 4.63. The molecular formula is C17H16OS. The summed E-state index contributed by atoms with van der Waals surface area (Å²) in [6.45, 7) is 2.14. The molecule has 3 rings (SSSR count). The van der Waals surface area contributed by atoms with Crippen LogP contribution in [-0.2, 0) is 6.42 Å². The fourth-order valence-corrected chi connectivity index (χ4v) is 3.33. The summed E-state index contributed by atoms with van der Waals surface area (Å²) in [5.41, 5.74) is 0.989. The predicted octanol–water partition coefficient (Wildman–Crippen LogP) is 4.55. The van der Waals surface area contributed by atoms with Crippen LogP contribution < -0.4 is 0 Å². The van der Waals surface area contributed by atoms with Gasteiger partial charge in [-0.25, -0.2) is 0 Å². The Bertz CT molecular complexity index is 694. The highest BCUT2D eigenvalue weighted by molar-refractivity contribution is 7.12. The van der Waals surface area contributed by atoms with Crippen molar-refractivity contribution < 1.29 is 5.11 Å². The second kappa shape index (κ2) is 5.16. The molecule has 0 saturated heterocycles. The summed E-state index contributed by atoms with van der Waals surface area (Å²) in [5, 5.41) is 12.9. The van der Waals surface area contributed by atoms with Gasteiger partial charge in [0.05, 0.1) is 0 Å². The first-order valence-electron chi connectivity index (χ1n) is 6.54. The van der Waals surface area contributed by atoms with E-state index in [0.717, 1.165) is 22.2 Å². The molecule has 0 fully saturated rings. The zero-order valence-electron chi connectivity index (χ0n) is 10.8.